The molecule has 1 heteroatoms. The normalized spacial score (nSPS) is 11.2. The molecule has 0 unspecified atom stereocenters. The summed E-state index contributed by atoms with van der Waals surface area (Å²) in [6.07, 6.45) is 0. The van der Waals surface area contributed by atoms with E-state index in [1.165, 1.54) is 49.8 Å². The zero-order chi connectivity index (χ0) is 18.1. The van der Waals surface area contributed by atoms with Gasteiger partial charge in [0.1, 0.15) is 0 Å². The summed E-state index contributed by atoms with van der Waals surface area (Å²) in [5.41, 5.74) is 11.0. The largest absolute Gasteiger partial charge is 0.0810 e. The zero-order valence-corrected chi connectivity index (χ0v) is 17.0. The summed E-state index contributed by atoms with van der Waals surface area (Å²) in [5, 5.41) is 1.49. The smallest absolute Gasteiger partial charge is 0.00257 e. The van der Waals surface area contributed by atoms with Gasteiger partial charge in [-0.1, -0.05) is 62.5 Å². The van der Waals surface area contributed by atoms with Crippen molar-refractivity contribution in [2.45, 2.75) is 27.7 Å². The number of rotatable bonds is 3. The van der Waals surface area contributed by atoms with Crippen molar-refractivity contribution in [1.29, 1.82) is 0 Å². The molecule has 0 amide bonds. The Morgan fingerprint density at radius 2 is 1.04 bits per heavy atom. The second kappa shape index (κ2) is 7.14. The third-order valence-electron chi connectivity index (χ3n) is 5.29. The molecule has 0 N–H and O–H groups in total. The van der Waals surface area contributed by atoms with Crippen LogP contribution >= 0.6 is 7.92 Å². The van der Waals surface area contributed by atoms with Crippen LogP contribution in [-0.2, 0) is 0 Å². The minimum Gasteiger partial charge on any atom is -0.0810 e. The van der Waals surface area contributed by atoms with E-state index in [0.717, 1.165) is 0 Å². The highest BCUT2D eigenvalue weighted by Crippen LogP contribution is 2.40. The van der Waals surface area contributed by atoms with Crippen LogP contribution < -0.4 is 5.30 Å². The fourth-order valence-corrected chi connectivity index (χ4v) is 4.56. The average Bonchev–Trinajstić information content (AvgIpc) is 2.59. The van der Waals surface area contributed by atoms with Gasteiger partial charge in [-0.05, 0) is 90.8 Å². The second-order valence-electron chi connectivity index (χ2n) is 7.09. The third-order valence-corrected chi connectivity index (χ3v) is 6.63. The van der Waals surface area contributed by atoms with Crippen LogP contribution in [0.5, 0.6) is 0 Å². The highest BCUT2D eigenvalue weighted by molar-refractivity contribution is 7.64. The molecule has 0 spiro atoms. The highest BCUT2D eigenvalue weighted by Gasteiger charge is 2.17. The molecule has 0 aliphatic heterocycles. The van der Waals surface area contributed by atoms with E-state index < -0.39 is 0 Å². The fraction of sp³-hybridized carbons (Fsp3) is 0.250. The van der Waals surface area contributed by atoms with Crippen LogP contribution in [0.2, 0.25) is 0 Å². The number of hydrogen-bond acceptors (Lipinski definition) is 0. The topological polar surface area (TPSA) is 0 Å². The first-order valence-corrected chi connectivity index (χ1v) is 11.1. The molecule has 3 aromatic carbocycles. The summed E-state index contributed by atoms with van der Waals surface area (Å²) in [6, 6.07) is 20.2. The molecular weight excluding hydrogens is 319 g/mol. The first-order valence-electron chi connectivity index (χ1n) is 8.85. The number of aryl methyl sites for hydroxylation is 2. The summed E-state index contributed by atoms with van der Waals surface area (Å²) in [6.45, 7) is 13.6. The predicted molar refractivity (Wildman–Crippen MR) is 115 cm³/mol. The van der Waals surface area contributed by atoms with Crippen LogP contribution in [0.15, 0.2) is 54.6 Å². The van der Waals surface area contributed by atoms with Gasteiger partial charge in [0.2, 0.25) is 0 Å². The van der Waals surface area contributed by atoms with Crippen molar-refractivity contribution in [1.82, 2.24) is 0 Å². The Hall–Kier alpha value is -1.91. The van der Waals surface area contributed by atoms with Crippen LogP contribution in [0.4, 0.5) is 0 Å². The Morgan fingerprint density at radius 3 is 1.64 bits per heavy atom. The van der Waals surface area contributed by atoms with E-state index in [1.54, 1.807) is 0 Å². The Bertz CT molecular complexity index is 919. The van der Waals surface area contributed by atoms with Crippen LogP contribution in [0.25, 0.3) is 22.3 Å². The van der Waals surface area contributed by atoms with Crippen molar-refractivity contribution in [3.05, 3.63) is 76.9 Å². The van der Waals surface area contributed by atoms with Crippen molar-refractivity contribution >= 4 is 13.2 Å². The first kappa shape index (κ1) is 17.9. The monoisotopic (exact) mass is 346 g/mol. The number of benzene rings is 3. The van der Waals surface area contributed by atoms with Gasteiger partial charge in [-0.25, -0.2) is 0 Å². The molecule has 0 radical (unpaired) electrons. The van der Waals surface area contributed by atoms with Crippen LogP contribution in [0.1, 0.15) is 22.3 Å². The molecule has 0 atom stereocenters. The third kappa shape index (κ3) is 3.29. The van der Waals surface area contributed by atoms with Crippen molar-refractivity contribution in [3.8, 4) is 22.3 Å². The molecule has 0 saturated carbocycles. The first-order chi connectivity index (χ1) is 11.9. The SMILES string of the molecule is Cc1cccc(-c2cccc(P(C)C)c2-c2cccc(C)c2C)c1C. The van der Waals surface area contributed by atoms with E-state index in [2.05, 4.69) is 95.6 Å². The molecule has 0 aliphatic rings. The standard InChI is InChI=1S/C24H27P/c1-16-10-7-12-20(18(16)3)22-14-9-15-23(25(5)6)24(22)21-13-8-11-17(2)19(21)4/h7-15H,1-6H3. The lowest BCUT2D eigenvalue weighted by Crippen LogP contribution is -2.07. The number of hydrogen-bond donors (Lipinski definition) is 0. The van der Waals surface area contributed by atoms with E-state index in [-0.39, 0.29) is 7.92 Å². The fourth-order valence-electron chi connectivity index (χ4n) is 3.49. The molecule has 0 saturated heterocycles. The summed E-state index contributed by atoms with van der Waals surface area (Å²) >= 11 is 0. The van der Waals surface area contributed by atoms with E-state index in [1.807, 2.05) is 0 Å². The lowest BCUT2D eigenvalue weighted by molar-refractivity contribution is 1.33. The van der Waals surface area contributed by atoms with Gasteiger partial charge >= 0.3 is 0 Å². The minimum absolute atomic E-state index is 0.186. The zero-order valence-electron chi connectivity index (χ0n) is 16.1. The van der Waals surface area contributed by atoms with E-state index >= 15 is 0 Å². The van der Waals surface area contributed by atoms with Gasteiger partial charge < -0.3 is 0 Å². The molecule has 3 aromatic rings. The predicted octanol–water partition coefficient (Wildman–Crippen LogP) is 6.62. The highest BCUT2D eigenvalue weighted by atomic mass is 31.1. The Kier molecular flexibility index (Phi) is 5.11. The van der Waals surface area contributed by atoms with Gasteiger partial charge in [0.15, 0.2) is 0 Å². The van der Waals surface area contributed by atoms with Crippen LogP contribution in [-0.4, -0.2) is 13.3 Å². The average molecular weight is 346 g/mol. The molecular formula is C24H27P. The quantitative estimate of drug-likeness (QED) is 0.467. The van der Waals surface area contributed by atoms with Gasteiger partial charge in [0.25, 0.3) is 0 Å². The second-order valence-corrected chi connectivity index (χ2v) is 9.36. The van der Waals surface area contributed by atoms with Crippen LogP contribution in [0, 0.1) is 27.7 Å². The van der Waals surface area contributed by atoms with Gasteiger partial charge in [-0.15, -0.1) is 0 Å². The lowest BCUT2D eigenvalue weighted by atomic mass is 9.88. The molecule has 0 fully saturated rings. The Balaban J connectivity index is 2.40. The summed E-state index contributed by atoms with van der Waals surface area (Å²) in [7, 11) is -0.186. The van der Waals surface area contributed by atoms with Gasteiger partial charge in [-0.2, -0.15) is 0 Å². The van der Waals surface area contributed by atoms with E-state index in [0.29, 0.717) is 0 Å². The Labute approximate surface area is 153 Å². The minimum atomic E-state index is -0.186. The maximum Gasteiger partial charge on any atom is -0.00257 e. The Morgan fingerprint density at radius 1 is 0.560 bits per heavy atom. The maximum atomic E-state index is 2.35. The lowest BCUT2D eigenvalue weighted by Gasteiger charge is -2.21. The van der Waals surface area contributed by atoms with Gasteiger partial charge in [-0.3, -0.25) is 0 Å². The molecule has 0 heterocycles. The van der Waals surface area contributed by atoms with Crippen molar-refractivity contribution in [3.63, 3.8) is 0 Å². The van der Waals surface area contributed by atoms with Crippen molar-refractivity contribution in [2.24, 2.45) is 0 Å². The van der Waals surface area contributed by atoms with E-state index in [4.69, 9.17) is 0 Å². The molecule has 25 heavy (non-hydrogen) atoms. The molecule has 128 valence electrons. The summed E-state index contributed by atoms with van der Waals surface area (Å²) < 4.78 is 0. The molecule has 0 bridgehead atoms. The molecule has 0 aliphatic carbocycles. The maximum absolute atomic E-state index is 2.35. The van der Waals surface area contributed by atoms with Gasteiger partial charge in [0.05, 0.1) is 0 Å². The summed E-state index contributed by atoms with van der Waals surface area (Å²) in [5.74, 6) is 0. The van der Waals surface area contributed by atoms with Gasteiger partial charge in [0, 0.05) is 0 Å². The molecule has 0 aromatic heterocycles. The summed E-state index contributed by atoms with van der Waals surface area (Å²) in [4.78, 5) is 0. The molecule has 0 nitrogen and oxygen atoms in total. The van der Waals surface area contributed by atoms with Crippen LogP contribution in [0.3, 0.4) is 0 Å². The van der Waals surface area contributed by atoms with E-state index in [9.17, 15) is 0 Å². The molecule has 3 rings (SSSR count). The van der Waals surface area contributed by atoms with Crippen molar-refractivity contribution < 1.29 is 0 Å². The van der Waals surface area contributed by atoms with Crippen molar-refractivity contribution in [2.75, 3.05) is 13.3 Å².